The molecule has 4 aromatic rings. The average Bonchev–Trinajstić information content (AvgIpc) is 2.55. The van der Waals surface area contributed by atoms with Crippen LogP contribution in [0.5, 0.6) is 0 Å². The molecule has 2 heterocycles. The predicted octanol–water partition coefficient (Wildman–Crippen LogP) is 0.179. The van der Waals surface area contributed by atoms with Crippen LogP contribution in [0, 0.1) is 5.82 Å². The molecule has 4 rings (SSSR count). The lowest BCUT2D eigenvalue weighted by Crippen LogP contribution is -3.00. The molecule has 0 saturated heterocycles. The fraction of sp³-hybridized carbons (Fsp3) is 0. The molecule has 22 heavy (non-hydrogen) atoms. The highest BCUT2D eigenvalue weighted by Crippen LogP contribution is 2.25. The van der Waals surface area contributed by atoms with Crippen LogP contribution >= 0.6 is 0 Å². The molecule has 0 saturated carbocycles. The molecule has 0 aliphatic rings. The zero-order valence-electron chi connectivity index (χ0n) is 11.4. The van der Waals surface area contributed by atoms with Gasteiger partial charge in [0, 0.05) is 16.7 Å². The van der Waals surface area contributed by atoms with Crippen LogP contribution < -0.4 is 21.5 Å². The Bertz CT molecular complexity index is 955. The number of halogens is 2. The van der Waals surface area contributed by atoms with Crippen LogP contribution in [0.25, 0.3) is 27.5 Å². The predicted molar refractivity (Wildman–Crippen MR) is 78.1 cm³/mol. The van der Waals surface area contributed by atoms with Gasteiger partial charge in [-0.25, -0.2) is 9.37 Å². The molecule has 0 N–H and O–H groups in total. The summed E-state index contributed by atoms with van der Waals surface area (Å²) < 4.78 is 14.9. The summed E-state index contributed by atoms with van der Waals surface area (Å²) in [7, 11) is 0. The van der Waals surface area contributed by atoms with Gasteiger partial charge in [0.15, 0.2) is 6.33 Å². The minimum Gasteiger partial charge on any atom is -1.00 e. The summed E-state index contributed by atoms with van der Waals surface area (Å²) in [5.74, 6) is -0.255. The Morgan fingerprint density at radius 1 is 0.909 bits per heavy atom. The third kappa shape index (κ3) is 2.33. The number of nitrogens with zero attached hydrogens (tertiary/aromatic N) is 3. The molecular weight excluding hydrogens is 345 g/mol. The number of fused-ring (bicyclic) bond motifs is 3. The van der Waals surface area contributed by atoms with Gasteiger partial charge in [-0.15, -0.1) is 0 Å². The molecule has 2 aromatic carbocycles. The first-order valence-electron chi connectivity index (χ1n) is 6.63. The number of rotatable bonds is 1. The Kier molecular flexibility index (Phi) is 3.81. The molecule has 0 spiro atoms. The molecule has 0 atom stereocenters. The Hall–Kier alpha value is -2.40. The second-order valence-electron chi connectivity index (χ2n) is 4.81. The van der Waals surface area contributed by atoms with E-state index in [0.717, 1.165) is 27.5 Å². The maximum atomic E-state index is 13.1. The first-order chi connectivity index (χ1) is 10.3. The highest BCUT2D eigenvalue weighted by molar-refractivity contribution is 5.99. The fourth-order valence-electron chi connectivity index (χ4n) is 2.56. The number of benzene rings is 2. The summed E-state index contributed by atoms with van der Waals surface area (Å²) in [6.45, 7) is 0. The molecule has 0 amide bonds. The van der Waals surface area contributed by atoms with Crippen molar-refractivity contribution in [3.05, 3.63) is 72.9 Å². The third-order valence-electron chi connectivity index (χ3n) is 3.55. The summed E-state index contributed by atoms with van der Waals surface area (Å²) in [5, 5.41) is 6.46. The quantitative estimate of drug-likeness (QED) is 0.360. The van der Waals surface area contributed by atoms with Crippen LogP contribution in [-0.2, 0) is 0 Å². The zero-order valence-corrected chi connectivity index (χ0v) is 13.0. The number of hydrogen-bond acceptors (Lipinski definition) is 2. The topological polar surface area (TPSA) is 29.9 Å². The first kappa shape index (κ1) is 14.5. The van der Waals surface area contributed by atoms with Crippen molar-refractivity contribution in [2.24, 2.45) is 0 Å². The standard InChI is InChI=1S/C17H11FN3.BrH/c18-14-7-5-13(6-8-14)16-17-15-4-2-1-3-12(15)9-10-21(17)20-11-19-16;/h1-11H;1H/q+1;/p-1. The van der Waals surface area contributed by atoms with Gasteiger partial charge in [0.2, 0.25) is 6.20 Å². The van der Waals surface area contributed by atoms with Gasteiger partial charge in [0.05, 0.1) is 5.39 Å². The second kappa shape index (κ2) is 5.77. The fourth-order valence-corrected chi connectivity index (χ4v) is 2.56. The molecule has 3 nitrogen and oxygen atoms in total. The molecule has 0 aliphatic carbocycles. The van der Waals surface area contributed by atoms with Crippen molar-refractivity contribution in [1.29, 1.82) is 0 Å². The molecule has 0 aliphatic heterocycles. The molecule has 0 fully saturated rings. The van der Waals surface area contributed by atoms with Crippen molar-refractivity contribution in [2.75, 3.05) is 0 Å². The summed E-state index contributed by atoms with van der Waals surface area (Å²) in [4.78, 5) is 4.40. The summed E-state index contributed by atoms with van der Waals surface area (Å²) in [5.41, 5.74) is 2.58. The lowest BCUT2D eigenvalue weighted by Gasteiger charge is -2.02. The molecule has 5 heteroatoms. The number of aromatic nitrogens is 3. The van der Waals surface area contributed by atoms with E-state index in [1.54, 1.807) is 16.6 Å². The SMILES string of the molecule is Fc1ccc(-c2ncn[n+]3ccc4ccccc4c23)cc1.[Br-]. The average molecular weight is 356 g/mol. The minimum absolute atomic E-state index is 0. The van der Waals surface area contributed by atoms with Crippen molar-refractivity contribution in [3.63, 3.8) is 0 Å². The van der Waals surface area contributed by atoms with E-state index >= 15 is 0 Å². The minimum atomic E-state index is -0.255. The van der Waals surface area contributed by atoms with Crippen LogP contribution in [0.4, 0.5) is 4.39 Å². The Labute approximate surface area is 136 Å². The van der Waals surface area contributed by atoms with Crippen LogP contribution in [-0.4, -0.2) is 10.1 Å². The van der Waals surface area contributed by atoms with Gasteiger partial charge in [0.1, 0.15) is 11.5 Å². The molecule has 2 aromatic heterocycles. The third-order valence-corrected chi connectivity index (χ3v) is 3.55. The van der Waals surface area contributed by atoms with E-state index in [4.69, 9.17) is 0 Å². The number of hydrogen-bond donors (Lipinski definition) is 0. The monoisotopic (exact) mass is 355 g/mol. The lowest BCUT2D eigenvalue weighted by molar-refractivity contribution is -0.580. The van der Waals surface area contributed by atoms with E-state index in [1.165, 1.54) is 18.5 Å². The van der Waals surface area contributed by atoms with E-state index < -0.39 is 0 Å². The van der Waals surface area contributed by atoms with E-state index in [2.05, 4.69) is 16.1 Å². The van der Waals surface area contributed by atoms with Crippen molar-refractivity contribution in [1.82, 2.24) is 10.1 Å². The Morgan fingerprint density at radius 2 is 1.68 bits per heavy atom. The molecule has 0 bridgehead atoms. The van der Waals surface area contributed by atoms with Crippen LogP contribution in [0.2, 0.25) is 0 Å². The first-order valence-corrected chi connectivity index (χ1v) is 6.63. The van der Waals surface area contributed by atoms with E-state index in [1.807, 2.05) is 30.5 Å². The van der Waals surface area contributed by atoms with E-state index in [0.29, 0.717) is 0 Å². The van der Waals surface area contributed by atoms with Gasteiger partial charge in [-0.05, 0) is 40.2 Å². The van der Waals surface area contributed by atoms with Crippen LogP contribution in [0.1, 0.15) is 0 Å². The molecular formula is C17H11BrFN3. The smallest absolute Gasteiger partial charge is 0.272 e. The highest BCUT2D eigenvalue weighted by Gasteiger charge is 2.16. The normalized spacial score (nSPS) is 10.6. The molecule has 0 unspecified atom stereocenters. The number of pyridine rings is 1. The van der Waals surface area contributed by atoms with Crippen molar-refractivity contribution < 1.29 is 25.9 Å². The van der Waals surface area contributed by atoms with Crippen LogP contribution in [0.3, 0.4) is 0 Å². The van der Waals surface area contributed by atoms with Gasteiger partial charge in [0.25, 0.3) is 5.52 Å². The summed E-state index contributed by atoms with van der Waals surface area (Å²) in [6.07, 6.45) is 3.42. The second-order valence-corrected chi connectivity index (χ2v) is 4.81. The Balaban J connectivity index is 0.00000144. The van der Waals surface area contributed by atoms with Gasteiger partial charge < -0.3 is 17.0 Å². The van der Waals surface area contributed by atoms with E-state index in [9.17, 15) is 4.39 Å². The highest BCUT2D eigenvalue weighted by atomic mass is 79.9. The van der Waals surface area contributed by atoms with Gasteiger partial charge >= 0.3 is 0 Å². The largest absolute Gasteiger partial charge is 1.00 e. The van der Waals surface area contributed by atoms with Gasteiger partial charge in [-0.3, -0.25) is 0 Å². The summed E-state index contributed by atoms with van der Waals surface area (Å²) in [6, 6.07) is 16.5. The maximum absolute atomic E-state index is 13.1. The zero-order chi connectivity index (χ0) is 14.2. The lowest BCUT2D eigenvalue weighted by atomic mass is 10.1. The van der Waals surface area contributed by atoms with Crippen molar-refractivity contribution in [2.45, 2.75) is 0 Å². The van der Waals surface area contributed by atoms with Crippen molar-refractivity contribution >= 4 is 16.3 Å². The molecule has 0 radical (unpaired) electrons. The molecule has 108 valence electrons. The van der Waals surface area contributed by atoms with Gasteiger partial charge in [-0.1, -0.05) is 18.2 Å². The van der Waals surface area contributed by atoms with Crippen LogP contribution in [0.15, 0.2) is 67.1 Å². The van der Waals surface area contributed by atoms with E-state index in [-0.39, 0.29) is 22.8 Å². The van der Waals surface area contributed by atoms with Gasteiger partial charge in [-0.2, -0.15) is 0 Å². The van der Waals surface area contributed by atoms with Crippen molar-refractivity contribution in [3.8, 4) is 11.3 Å². The maximum Gasteiger partial charge on any atom is 0.272 e. The summed E-state index contributed by atoms with van der Waals surface area (Å²) >= 11 is 0. The Morgan fingerprint density at radius 3 is 2.50 bits per heavy atom.